The molecule has 1 saturated heterocycles. The second-order valence-electron chi connectivity index (χ2n) is 6.10. The lowest BCUT2D eigenvalue weighted by Crippen LogP contribution is -2.61. The molecule has 1 amide bonds. The van der Waals surface area contributed by atoms with Crippen LogP contribution < -0.4 is 0 Å². The maximum atomic E-state index is 12.5. The predicted molar refractivity (Wildman–Crippen MR) is 92.6 cm³/mol. The molecule has 1 aliphatic heterocycles. The number of aryl methyl sites for hydroxylation is 1. The third-order valence-corrected chi connectivity index (χ3v) is 7.25. The van der Waals surface area contributed by atoms with Crippen molar-refractivity contribution in [2.45, 2.75) is 38.8 Å². The van der Waals surface area contributed by atoms with Crippen molar-refractivity contribution >= 4 is 27.5 Å². The van der Waals surface area contributed by atoms with Crippen molar-refractivity contribution in [3.05, 3.63) is 22.4 Å². The zero-order valence-electron chi connectivity index (χ0n) is 14.1. The molecule has 0 saturated carbocycles. The molecule has 0 unspecified atom stereocenters. The average Bonchev–Trinajstić information content (AvgIpc) is 3.00. The molecule has 0 radical (unpaired) electrons. The molecule has 2 rings (SSSR count). The second-order valence-corrected chi connectivity index (χ2v) is 8.98. The van der Waals surface area contributed by atoms with Gasteiger partial charge in [-0.3, -0.25) is 4.79 Å². The smallest absolute Gasteiger partial charge is 0.281 e. The highest BCUT2D eigenvalue weighted by atomic mass is 32.2. The zero-order chi connectivity index (χ0) is 17.2. The largest absolute Gasteiger partial charge is 0.337 e. The molecular weight excluding hydrogens is 334 g/mol. The van der Waals surface area contributed by atoms with Crippen LogP contribution in [0.25, 0.3) is 0 Å². The van der Waals surface area contributed by atoms with Crippen LogP contribution >= 0.6 is 11.3 Å². The molecule has 1 aromatic rings. The molecule has 1 aliphatic rings. The van der Waals surface area contributed by atoms with Gasteiger partial charge in [-0.1, -0.05) is 0 Å². The Bertz CT molecular complexity index is 628. The summed E-state index contributed by atoms with van der Waals surface area (Å²) in [6.45, 7) is 4.58. The van der Waals surface area contributed by atoms with Crippen molar-refractivity contribution in [2.24, 2.45) is 0 Å². The summed E-state index contributed by atoms with van der Waals surface area (Å²) >= 11 is 1.63. The molecule has 130 valence electrons. The van der Waals surface area contributed by atoms with Crippen LogP contribution in [0.1, 0.15) is 25.8 Å². The minimum atomic E-state index is -3.45. The van der Waals surface area contributed by atoms with Crippen LogP contribution in [-0.2, 0) is 21.4 Å². The van der Waals surface area contributed by atoms with Crippen molar-refractivity contribution in [1.29, 1.82) is 0 Å². The summed E-state index contributed by atoms with van der Waals surface area (Å²) in [6.07, 6.45) is 1.20. The van der Waals surface area contributed by atoms with Gasteiger partial charge >= 0.3 is 0 Å². The molecule has 2 heterocycles. The van der Waals surface area contributed by atoms with Crippen LogP contribution in [0.4, 0.5) is 0 Å². The number of hydrogen-bond acceptors (Lipinski definition) is 4. The van der Waals surface area contributed by atoms with E-state index in [2.05, 4.69) is 5.38 Å². The maximum absolute atomic E-state index is 12.5. The van der Waals surface area contributed by atoms with Crippen molar-refractivity contribution < 1.29 is 13.2 Å². The number of nitrogens with zero attached hydrogens (tertiary/aromatic N) is 3. The highest BCUT2D eigenvalue weighted by molar-refractivity contribution is 7.86. The van der Waals surface area contributed by atoms with Gasteiger partial charge in [0.05, 0.1) is 0 Å². The maximum Gasteiger partial charge on any atom is 0.281 e. The van der Waals surface area contributed by atoms with Gasteiger partial charge < -0.3 is 4.90 Å². The Kier molecular flexibility index (Phi) is 5.83. The lowest BCUT2D eigenvalue weighted by molar-refractivity contribution is -0.136. The van der Waals surface area contributed by atoms with E-state index in [4.69, 9.17) is 0 Å². The second kappa shape index (κ2) is 7.29. The molecule has 8 heteroatoms. The summed E-state index contributed by atoms with van der Waals surface area (Å²) < 4.78 is 27.4. The summed E-state index contributed by atoms with van der Waals surface area (Å²) in [6, 6.07) is 1.67. The molecule has 1 fully saturated rings. The van der Waals surface area contributed by atoms with E-state index in [1.807, 2.05) is 30.2 Å². The van der Waals surface area contributed by atoms with E-state index >= 15 is 0 Å². The van der Waals surface area contributed by atoms with E-state index in [1.54, 1.807) is 11.3 Å². The summed E-state index contributed by atoms with van der Waals surface area (Å²) in [4.78, 5) is 14.3. The van der Waals surface area contributed by atoms with Crippen LogP contribution in [0, 0.1) is 0 Å². The number of carbonyl (C=O) groups excluding carboxylic acids is 1. The van der Waals surface area contributed by atoms with Gasteiger partial charge in [-0.2, -0.15) is 28.4 Å². The first-order chi connectivity index (χ1) is 10.7. The summed E-state index contributed by atoms with van der Waals surface area (Å²) in [7, 11) is -0.383. The number of piperazine rings is 1. The Morgan fingerprint density at radius 2 is 2.00 bits per heavy atom. The Hall–Kier alpha value is -0.960. The molecule has 0 aliphatic carbocycles. The van der Waals surface area contributed by atoms with Gasteiger partial charge in [-0.15, -0.1) is 0 Å². The third-order valence-electron chi connectivity index (χ3n) is 4.49. The number of carbonyl (C=O) groups is 1. The van der Waals surface area contributed by atoms with Crippen LogP contribution in [-0.4, -0.2) is 67.1 Å². The fourth-order valence-electron chi connectivity index (χ4n) is 2.83. The molecule has 0 N–H and O–H groups in total. The van der Waals surface area contributed by atoms with Gasteiger partial charge in [0.1, 0.15) is 0 Å². The van der Waals surface area contributed by atoms with Gasteiger partial charge in [0.25, 0.3) is 10.2 Å². The summed E-state index contributed by atoms with van der Waals surface area (Å²) in [5.41, 5.74) is 1.18. The highest BCUT2D eigenvalue weighted by Crippen LogP contribution is 2.22. The third kappa shape index (κ3) is 3.93. The lowest BCUT2D eigenvalue weighted by Gasteiger charge is -2.44. The van der Waals surface area contributed by atoms with E-state index in [-0.39, 0.29) is 18.0 Å². The minimum absolute atomic E-state index is 0.0949. The van der Waals surface area contributed by atoms with Gasteiger partial charge in [0.2, 0.25) is 5.91 Å². The van der Waals surface area contributed by atoms with Gasteiger partial charge in [0, 0.05) is 45.7 Å². The van der Waals surface area contributed by atoms with Crippen molar-refractivity contribution in [2.75, 3.05) is 27.2 Å². The minimum Gasteiger partial charge on any atom is -0.337 e. The Labute approximate surface area is 142 Å². The SMILES string of the molecule is C[C@@H]1[C@@H](C)N(S(=O)(=O)N(C)C)CCN1C(=O)CCc1ccsc1. The predicted octanol–water partition coefficient (Wildman–Crippen LogP) is 1.41. The fraction of sp³-hybridized carbons (Fsp3) is 0.667. The Morgan fingerprint density at radius 1 is 1.30 bits per heavy atom. The Morgan fingerprint density at radius 3 is 2.57 bits per heavy atom. The van der Waals surface area contributed by atoms with Crippen LogP contribution in [0.2, 0.25) is 0 Å². The molecule has 2 atom stereocenters. The van der Waals surface area contributed by atoms with E-state index < -0.39 is 10.2 Å². The molecule has 0 aromatic carbocycles. The first kappa shape index (κ1) is 18.4. The first-order valence-electron chi connectivity index (χ1n) is 7.75. The van der Waals surface area contributed by atoms with Gasteiger partial charge in [-0.25, -0.2) is 0 Å². The molecule has 1 aromatic heterocycles. The summed E-state index contributed by atoms with van der Waals surface area (Å²) in [5, 5.41) is 4.07. The normalized spacial score (nSPS) is 23.4. The van der Waals surface area contributed by atoms with E-state index in [1.165, 1.54) is 28.3 Å². The number of hydrogen-bond donors (Lipinski definition) is 0. The van der Waals surface area contributed by atoms with Crippen LogP contribution in [0.5, 0.6) is 0 Å². The zero-order valence-corrected chi connectivity index (χ0v) is 15.7. The van der Waals surface area contributed by atoms with Crippen LogP contribution in [0.3, 0.4) is 0 Å². The quantitative estimate of drug-likeness (QED) is 0.799. The Balaban J connectivity index is 2.00. The van der Waals surface area contributed by atoms with E-state index in [9.17, 15) is 13.2 Å². The number of thiophene rings is 1. The van der Waals surface area contributed by atoms with E-state index in [0.717, 1.165) is 6.42 Å². The summed E-state index contributed by atoms with van der Waals surface area (Å²) in [5.74, 6) is 0.0949. The van der Waals surface area contributed by atoms with Crippen molar-refractivity contribution in [3.63, 3.8) is 0 Å². The highest BCUT2D eigenvalue weighted by Gasteiger charge is 2.39. The van der Waals surface area contributed by atoms with Crippen LogP contribution in [0.15, 0.2) is 16.8 Å². The number of amides is 1. The molecule has 6 nitrogen and oxygen atoms in total. The number of rotatable bonds is 5. The molecule has 0 bridgehead atoms. The molecule has 23 heavy (non-hydrogen) atoms. The standard InChI is InChI=1S/C15H25N3O3S2/c1-12-13(2)18(23(20,21)16(3)4)9-8-17(12)15(19)6-5-14-7-10-22-11-14/h7,10-13H,5-6,8-9H2,1-4H3/t12-,13-/m1/s1. The molecular formula is C15H25N3O3S2. The fourth-order valence-corrected chi connectivity index (χ4v) is 4.86. The lowest BCUT2D eigenvalue weighted by atomic mass is 10.1. The van der Waals surface area contributed by atoms with Crippen molar-refractivity contribution in [1.82, 2.24) is 13.5 Å². The average molecular weight is 360 g/mol. The van der Waals surface area contributed by atoms with Gasteiger partial charge in [0.15, 0.2) is 0 Å². The van der Waals surface area contributed by atoms with Gasteiger partial charge in [-0.05, 0) is 42.7 Å². The topological polar surface area (TPSA) is 60.9 Å². The van der Waals surface area contributed by atoms with Crippen molar-refractivity contribution in [3.8, 4) is 0 Å². The first-order valence-corrected chi connectivity index (χ1v) is 10.1. The van der Waals surface area contributed by atoms with E-state index in [0.29, 0.717) is 19.5 Å². The molecule has 0 spiro atoms. The monoisotopic (exact) mass is 359 g/mol.